The van der Waals surface area contributed by atoms with Crippen LogP contribution in [0.2, 0.25) is 5.02 Å². The van der Waals surface area contributed by atoms with Crippen LogP contribution in [0.4, 0.5) is 0 Å². The molecule has 0 saturated carbocycles. The average molecular weight is 274 g/mol. The summed E-state index contributed by atoms with van der Waals surface area (Å²) in [4.78, 5) is 0. The van der Waals surface area contributed by atoms with E-state index in [1.54, 1.807) is 0 Å². The number of nitrogens with two attached hydrogens (primary N) is 1. The molecule has 0 radical (unpaired) electrons. The van der Waals surface area contributed by atoms with E-state index >= 15 is 0 Å². The molecule has 1 heterocycles. The van der Waals surface area contributed by atoms with Crippen molar-refractivity contribution in [3.8, 4) is 16.9 Å². The molecule has 0 aliphatic carbocycles. The van der Waals surface area contributed by atoms with E-state index in [1.807, 2.05) is 37.3 Å². The summed E-state index contributed by atoms with van der Waals surface area (Å²) < 4.78 is 6.10. The molecular weight excluding hydrogens is 258 g/mol. The first-order valence-corrected chi connectivity index (χ1v) is 6.76. The Kier molecular flexibility index (Phi) is 3.00. The van der Waals surface area contributed by atoms with Crippen LogP contribution in [0.15, 0.2) is 42.5 Å². The summed E-state index contributed by atoms with van der Waals surface area (Å²) in [7, 11) is 0. The molecule has 2 aromatic carbocycles. The lowest BCUT2D eigenvalue weighted by molar-refractivity contribution is 0.126. The molecule has 0 saturated heterocycles. The molecule has 3 rings (SSSR count). The third-order valence-corrected chi connectivity index (χ3v) is 3.78. The molecule has 0 amide bonds. The first kappa shape index (κ1) is 12.5. The predicted molar refractivity (Wildman–Crippen MR) is 78.7 cm³/mol. The highest BCUT2D eigenvalue weighted by atomic mass is 35.5. The summed E-state index contributed by atoms with van der Waals surface area (Å²) in [5.41, 5.74) is 8.79. The molecule has 0 bridgehead atoms. The Morgan fingerprint density at radius 1 is 1.26 bits per heavy atom. The zero-order valence-corrected chi connectivity index (χ0v) is 11.6. The summed E-state index contributed by atoms with van der Waals surface area (Å²) in [5, 5.41) is 0.738. The van der Waals surface area contributed by atoms with E-state index in [0.717, 1.165) is 33.9 Å². The van der Waals surface area contributed by atoms with Gasteiger partial charge in [-0.25, -0.2) is 0 Å². The molecule has 19 heavy (non-hydrogen) atoms. The molecule has 1 aliphatic heterocycles. The normalized spacial score (nSPS) is 21.0. The lowest BCUT2D eigenvalue weighted by atomic mass is 9.97. The Morgan fingerprint density at radius 3 is 2.68 bits per heavy atom. The Labute approximate surface area is 118 Å². The summed E-state index contributed by atoms with van der Waals surface area (Å²) in [5.74, 6) is 0.920. The maximum atomic E-state index is 6.23. The third-order valence-electron chi connectivity index (χ3n) is 3.56. The van der Waals surface area contributed by atoms with Crippen LogP contribution in [0.25, 0.3) is 11.1 Å². The van der Waals surface area contributed by atoms with Crippen molar-refractivity contribution in [1.82, 2.24) is 0 Å². The van der Waals surface area contributed by atoms with E-state index in [9.17, 15) is 0 Å². The molecule has 2 N–H and O–H groups in total. The van der Waals surface area contributed by atoms with E-state index < -0.39 is 0 Å². The first-order chi connectivity index (χ1) is 9.11. The predicted octanol–water partition coefficient (Wildman–Crippen LogP) is 3.66. The Bertz CT molecular complexity index is 612. The van der Waals surface area contributed by atoms with Crippen LogP contribution >= 0.6 is 11.6 Å². The van der Waals surface area contributed by atoms with Crippen molar-refractivity contribution < 1.29 is 4.74 Å². The largest absolute Gasteiger partial charge is 0.485 e. The highest BCUT2D eigenvalue weighted by molar-refractivity contribution is 6.31. The fourth-order valence-corrected chi connectivity index (χ4v) is 2.77. The Balaban J connectivity index is 2.14. The molecule has 2 aromatic rings. The summed E-state index contributed by atoms with van der Waals surface area (Å²) >= 11 is 6.23. The third kappa shape index (κ3) is 2.22. The number of fused-ring (bicyclic) bond motifs is 1. The van der Waals surface area contributed by atoms with Crippen molar-refractivity contribution in [1.29, 1.82) is 0 Å². The van der Waals surface area contributed by atoms with Crippen molar-refractivity contribution in [2.24, 2.45) is 5.73 Å². The number of benzene rings is 2. The van der Waals surface area contributed by atoms with Crippen LogP contribution in [0.5, 0.6) is 5.75 Å². The van der Waals surface area contributed by atoms with E-state index in [1.165, 1.54) is 0 Å². The van der Waals surface area contributed by atoms with Gasteiger partial charge in [-0.2, -0.15) is 0 Å². The zero-order chi connectivity index (χ0) is 13.5. The fraction of sp³-hybridized carbons (Fsp3) is 0.250. The summed E-state index contributed by atoms with van der Waals surface area (Å²) in [6.07, 6.45) is 0.805. The molecule has 0 fully saturated rings. The van der Waals surface area contributed by atoms with Crippen LogP contribution in [0, 0.1) is 0 Å². The van der Waals surface area contributed by atoms with Gasteiger partial charge in [0, 0.05) is 29.1 Å². The molecule has 1 aliphatic rings. The second kappa shape index (κ2) is 4.55. The number of rotatable bonds is 2. The Morgan fingerprint density at radius 2 is 2.00 bits per heavy atom. The minimum atomic E-state index is -0.323. The second-order valence-corrected chi connectivity index (χ2v) is 5.68. The van der Waals surface area contributed by atoms with Gasteiger partial charge in [-0.15, -0.1) is 0 Å². The maximum Gasteiger partial charge on any atom is 0.131 e. The van der Waals surface area contributed by atoms with E-state index in [2.05, 4.69) is 12.1 Å². The van der Waals surface area contributed by atoms with Gasteiger partial charge in [-0.1, -0.05) is 41.9 Å². The smallest absolute Gasteiger partial charge is 0.131 e. The Hall–Kier alpha value is -1.51. The lowest BCUT2D eigenvalue weighted by Gasteiger charge is -2.22. The number of ether oxygens (including phenoxy) is 1. The van der Waals surface area contributed by atoms with Gasteiger partial charge in [0.15, 0.2) is 0 Å². The molecule has 1 atom stereocenters. The summed E-state index contributed by atoms with van der Waals surface area (Å²) in [6.45, 7) is 2.53. The molecule has 0 unspecified atom stereocenters. The maximum absolute atomic E-state index is 6.23. The zero-order valence-electron chi connectivity index (χ0n) is 10.8. The van der Waals surface area contributed by atoms with Crippen molar-refractivity contribution in [2.45, 2.75) is 18.9 Å². The van der Waals surface area contributed by atoms with Crippen LogP contribution in [-0.2, 0) is 6.42 Å². The average Bonchev–Trinajstić information content (AvgIpc) is 2.76. The molecule has 3 heteroatoms. The van der Waals surface area contributed by atoms with Crippen molar-refractivity contribution >= 4 is 11.6 Å². The standard InChI is InChI=1S/C16H16ClNO/c1-16(10-18)9-12-7-13(17)8-14(15(12)19-16)11-5-3-2-4-6-11/h2-8H,9-10,18H2,1H3/t16-/m0/s1. The van der Waals surface area contributed by atoms with Gasteiger partial charge < -0.3 is 10.5 Å². The van der Waals surface area contributed by atoms with Crippen LogP contribution in [-0.4, -0.2) is 12.1 Å². The van der Waals surface area contributed by atoms with Gasteiger partial charge >= 0.3 is 0 Å². The molecule has 98 valence electrons. The van der Waals surface area contributed by atoms with Gasteiger partial charge in [0.2, 0.25) is 0 Å². The SMILES string of the molecule is C[C@@]1(CN)Cc2cc(Cl)cc(-c3ccccc3)c2O1. The number of halogens is 1. The van der Waals surface area contributed by atoms with Crippen molar-refractivity contribution in [3.05, 3.63) is 53.1 Å². The van der Waals surface area contributed by atoms with Crippen LogP contribution in [0.1, 0.15) is 12.5 Å². The van der Waals surface area contributed by atoms with Crippen molar-refractivity contribution in [3.63, 3.8) is 0 Å². The number of hydrogen-bond acceptors (Lipinski definition) is 2. The van der Waals surface area contributed by atoms with Gasteiger partial charge in [0.25, 0.3) is 0 Å². The molecular formula is C16H16ClNO. The monoisotopic (exact) mass is 273 g/mol. The van der Waals surface area contributed by atoms with Crippen molar-refractivity contribution in [2.75, 3.05) is 6.54 Å². The highest BCUT2D eigenvalue weighted by Crippen LogP contribution is 2.43. The summed E-state index contributed by atoms with van der Waals surface area (Å²) in [6, 6.07) is 14.1. The minimum Gasteiger partial charge on any atom is -0.485 e. The van der Waals surface area contributed by atoms with E-state index in [4.69, 9.17) is 22.1 Å². The van der Waals surface area contributed by atoms with Crippen LogP contribution < -0.4 is 10.5 Å². The fourth-order valence-electron chi connectivity index (χ4n) is 2.53. The lowest BCUT2D eigenvalue weighted by Crippen LogP contribution is -2.38. The van der Waals surface area contributed by atoms with Gasteiger partial charge in [0.05, 0.1) is 0 Å². The van der Waals surface area contributed by atoms with E-state index in [0.29, 0.717) is 6.54 Å². The quantitative estimate of drug-likeness (QED) is 0.906. The second-order valence-electron chi connectivity index (χ2n) is 5.24. The molecule has 2 nitrogen and oxygen atoms in total. The topological polar surface area (TPSA) is 35.2 Å². The highest BCUT2D eigenvalue weighted by Gasteiger charge is 2.35. The van der Waals surface area contributed by atoms with E-state index in [-0.39, 0.29) is 5.60 Å². The van der Waals surface area contributed by atoms with Gasteiger partial charge in [-0.3, -0.25) is 0 Å². The van der Waals surface area contributed by atoms with Crippen LogP contribution in [0.3, 0.4) is 0 Å². The molecule has 0 aromatic heterocycles. The molecule has 0 spiro atoms. The first-order valence-electron chi connectivity index (χ1n) is 6.38. The minimum absolute atomic E-state index is 0.323. The number of hydrogen-bond donors (Lipinski definition) is 1. The van der Waals surface area contributed by atoms with Gasteiger partial charge in [0.1, 0.15) is 11.4 Å². The van der Waals surface area contributed by atoms with Gasteiger partial charge in [-0.05, 0) is 24.6 Å².